The van der Waals surface area contributed by atoms with E-state index in [2.05, 4.69) is 4.98 Å². The highest BCUT2D eigenvalue weighted by Crippen LogP contribution is 2.39. The fourth-order valence-electron chi connectivity index (χ4n) is 2.66. The Bertz CT molecular complexity index is 553. The fourth-order valence-corrected chi connectivity index (χ4v) is 2.66. The van der Waals surface area contributed by atoms with Gasteiger partial charge in [0, 0.05) is 12.1 Å². The molecule has 0 saturated carbocycles. The zero-order valence-electron chi connectivity index (χ0n) is 9.88. The molecular formula is C15H14FNO. The van der Waals surface area contributed by atoms with E-state index >= 15 is 0 Å². The third kappa shape index (κ3) is 1.91. The topological polar surface area (TPSA) is 33.1 Å². The van der Waals surface area contributed by atoms with Gasteiger partial charge in [0.1, 0.15) is 5.82 Å². The van der Waals surface area contributed by atoms with Gasteiger partial charge in [-0.1, -0.05) is 18.2 Å². The maximum atomic E-state index is 13.0. The lowest BCUT2D eigenvalue weighted by atomic mass is 9.80. The number of aromatic nitrogens is 1. The molecule has 1 N–H and O–H groups in total. The number of fused-ring (bicyclic) bond motifs is 1. The van der Waals surface area contributed by atoms with Crippen molar-refractivity contribution in [1.29, 1.82) is 0 Å². The molecule has 0 saturated heterocycles. The van der Waals surface area contributed by atoms with E-state index in [0.717, 1.165) is 23.2 Å². The van der Waals surface area contributed by atoms with E-state index in [4.69, 9.17) is 0 Å². The molecule has 0 spiro atoms. The smallest absolute Gasteiger partial charge is 0.123 e. The minimum Gasteiger partial charge on any atom is -0.387 e. The molecule has 2 atom stereocenters. The lowest BCUT2D eigenvalue weighted by Gasteiger charge is -2.28. The maximum Gasteiger partial charge on any atom is 0.123 e. The number of benzene rings is 1. The van der Waals surface area contributed by atoms with E-state index in [9.17, 15) is 9.50 Å². The molecule has 92 valence electrons. The highest BCUT2D eigenvalue weighted by atomic mass is 19.1. The summed E-state index contributed by atoms with van der Waals surface area (Å²) in [7, 11) is 0. The maximum absolute atomic E-state index is 13.0. The molecule has 0 bridgehead atoms. The molecule has 0 aliphatic heterocycles. The highest BCUT2D eigenvalue weighted by Gasteiger charge is 2.27. The molecule has 0 amide bonds. The van der Waals surface area contributed by atoms with E-state index in [1.807, 2.05) is 24.3 Å². The molecule has 1 aromatic carbocycles. The first-order chi connectivity index (χ1) is 8.75. The summed E-state index contributed by atoms with van der Waals surface area (Å²) in [4.78, 5) is 4.27. The van der Waals surface area contributed by atoms with Crippen LogP contribution >= 0.6 is 0 Å². The Morgan fingerprint density at radius 3 is 2.67 bits per heavy atom. The molecular weight excluding hydrogens is 229 g/mol. The van der Waals surface area contributed by atoms with Gasteiger partial charge in [-0.15, -0.1) is 0 Å². The summed E-state index contributed by atoms with van der Waals surface area (Å²) < 4.78 is 13.0. The Morgan fingerprint density at radius 1 is 1.11 bits per heavy atom. The summed E-state index contributed by atoms with van der Waals surface area (Å²) >= 11 is 0. The Balaban J connectivity index is 2.04. The predicted octanol–water partition coefficient (Wildman–Crippen LogP) is 3.18. The first-order valence-corrected chi connectivity index (χ1v) is 6.14. The molecule has 0 radical (unpaired) electrons. The predicted molar refractivity (Wildman–Crippen MR) is 66.7 cm³/mol. The molecule has 1 heterocycles. The summed E-state index contributed by atoms with van der Waals surface area (Å²) in [5.74, 6) is -0.0151. The van der Waals surface area contributed by atoms with Crippen LogP contribution in [0.2, 0.25) is 0 Å². The molecule has 1 aliphatic rings. The molecule has 1 aromatic heterocycles. The van der Waals surface area contributed by atoms with Gasteiger partial charge in [-0.2, -0.15) is 0 Å². The van der Waals surface area contributed by atoms with Gasteiger partial charge < -0.3 is 5.11 Å². The Morgan fingerprint density at radius 2 is 1.89 bits per heavy atom. The Labute approximate surface area is 105 Å². The van der Waals surface area contributed by atoms with Crippen molar-refractivity contribution in [2.24, 2.45) is 0 Å². The second kappa shape index (κ2) is 4.50. The van der Waals surface area contributed by atoms with E-state index in [0.29, 0.717) is 6.42 Å². The lowest BCUT2D eigenvalue weighted by Crippen LogP contribution is -2.16. The van der Waals surface area contributed by atoms with E-state index < -0.39 is 6.10 Å². The van der Waals surface area contributed by atoms with Gasteiger partial charge in [0.05, 0.1) is 11.8 Å². The Kier molecular flexibility index (Phi) is 2.84. The van der Waals surface area contributed by atoms with E-state index in [1.54, 1.807) is 6.20 Å². The number of nitrogens with zero attached hydrogens (tertiary/aromatic N) is 1. The fraction of sp³-hybridized carbons (Fsp3) is 0.267. The van der Waals surface area contributed by atoms with Crippen LogP contribution in [0.25, 0.3) is 0 Å². The van der Waals surface area contributed by atoms with Gasteiger partial charge in [0.2, 0.25) is 0 Å². The van der Waals surface area contributed by atoms with Crippen LogP contribution in [0, 0.1) is 5.82 Å². The first kappa shape index (κ1) is 11.4. The van der Waals surface area contributed by atoms with Gasteiger partial charge in [0.25, 0.3) is 0 Å². The van der Waals surface area contributed by atoms with Crippen molar-refractivity contribution in [1.82, 2.24) is 4.98 Å². The molecule has 3 rings (SSSR count). The van der Waals surface area contributed by atoms with Gasteiger partial charge in [-0.3, -0.25) is 4.98 Å². The third-order valence-corrected chi connectivity index (χ3v) is 3.56. The van der Waals surface area contributed by atoms with Crippen molar-refractivity contribution in [2.75, 3.05) is 0 Å². The van der Waals surface area contributed by atoms with Crippen LogP contribution in [0.4, 0.5) is 4.39 Å². The number of aliphatic hydroxyl groups excluding tert-OH is 1. The van der Waals surface area contributed by atoms with E-state index in [-0.39, 0.29) is 11.7 Å². The number of pyridine rings is 1. The molecule has 3 heteroatoms. The number of hydrogen-bond acceptors (Lipinski definition) is 2. The average Bonchev–Trinajstić information content (AvgIpc) is 2.41. The molecule has 2 nitrogen and oxygen atoms in total. The van der Waals surface area contributed by atoms with Crippen LogP contribution < -0.4 is 0 Å². The summed E-state index contributed by atoms with van der Waals surface area (Å²) in [6.45, 7) is 0. The molecule has 2 unspecified atom stereocenters. The van der Waals surface area contributed by atoms with Crippen LogP contribution in [0.3, 0.4) is 0 Å². The lowest BCUT2D eigenvalue weighted by molar-refractivity contribution is 0.148. The van der Waals surface area contributed by atoms with Gasteiger partial charge in [-0.05, 0) is 42.2 Å². The van der Waals surface area contributed by atoms with Crippen LogP contribution in [0.1, 0.15) is 41.7 Å². The van der Waals surface area contributed by atoms with Crippen LogP contribution in [-0.2, 0) is 0 Å². The largest absolute Gasteiger partial charge is 0.387 e. The number of rotatable bonds is 1. The average molecular weight is 243 g/mol. The standard InChI is InChI=1S/C15H14FNO/c16-11-5-3-10(4-6-11)12-7-8-14(18)15-13(12)2-1-9-17-15/h1-6,9,12,14,18H,7-8H2. The molecule has 1 aliphatic carbocycles. The molecule has 2 aromatic rings. The second-order valence-electron chi connectivity index (χ2n) is 4.68. The number of halogens is 1. The quantitative estimate of drug-likeness (QED) is 0.834. The molecule has 18 heavy (non-hydrogen) atoms. The summed E-state index contributed by atoms with van der Waals surface area (Å²) in [5.41, 5.74) is 2.90. The second-order valence-corrected chi connectivity index (χ2v) is 4.68. The van der Waals surface area contributed by atoms with Gasteiger partial charge in [0.15, 0.2) is 0 Å². The SMILES string of the molecule is OC1CCC(c2ccc(F)cc2)c2cccnc21. The highest BCUT2D eigenvalue weighted by molar-refractivity contribution is 5.37. The summed E-state index contributed by atoms with van der Waals surface area (Å²) in [6, 6.07) is 10.5. The first-order valence-electron chi connectivity index (χ1n) is 6.14. The molecule has 0 fully saturated rings. The van der Waals surface area contributed by atoms with Crippen molar-refractivity contribution in [3.05, 3.63) is 65.2 Å². The minimum atomic E-state index is -0.474. The minimum absolute atomic E-state index is 0.206. The van der Waals surface area contributed by atoms with Crippen LogP contribution in [0.5, 0.6) is 0 Å². The monoisotopic (exact) mass is 243 g/mol. The van der Waals surface area contributed by atoms with Crippen LogP contribution in [0.15, 0.2) is 42.6 Å². The van der Waals surface area contributed by atoms with Crippen molar-refractivity contribution >= 4 is 0 Å². The van der Waals surface area contributed by atoms with E-state index in [1.165, 1.54) is 12.1 Å². The number of hydrogen-bond donors (Lipinski definition) is 1. The van der Waals surface area contributed by atoms with Crippen molar-refractivity contribution in [3.8, 4) is 0 Å². The van der Waals surface area contributed by atoms with Gasteiger partial charge in [-0.25, -0.2) is 4.39 Å². The summed E-state index contributed by atoms with van der Waals surface area (Å²) in [5, 5.41) is 9.95. The zero-order chi connectivity index (χ0) is 12.5. The zero-order valence-corrected chi connectivity index (χ0v) is 9.88. The Hall–Kier alpha value is -1.74. The van der Waals surface area contributed by atoms with Crippen molar-refractivity contribution < 1.29 is 9.50 Å². The summed E-state index contributed by atoms with van der Waals surface area (Å²) in [6.07, 6.45) is 2.80. The van der Waals surface area contributed by atoms with Crippen molar-refractivity contribution in [2.45, 2.75) is 24.9 Å². The van der Waals surface area contributed by atoms with Crippen molar-refractivity contribution in [3.63, 3.8) is 0 Å². The van der Waals surface area contributed by atoms with Crippen LogP contribution in [-0.4, -0.2) is 10.1 Å². The van der Waals surface area contributed by atoms with Gasteiger partial charge >= 0.3 is 0 Å². The number of aliphatic hydroxyl groups is 1. The third-order valence-electron chi connectivity index (χ3n) is 3.56. The normalized spacial score (nSPS) is 22.6.